The maximum atomic E-state index is 12.2. The zero-order valence-corrected chi connectivity index (χ0v) is 16.8. The summed E-state index contributed by atoms with van der Waals surface area (Å²) in [5, 5.41) is 9.25. The molecule has 0 aliphatic rings. The molecule has 0 heterocycles. The first-order valence-electron chi connectivity index (χ1n) is 9.24. The van der Waals surface area contributed by atoms with E-state index in [1.54, 1.807) is 31.3 Å². The van der Waals surface area contributed by atoms with Crippen LogP contribution in [0.3, 0.4) is 0 Å². The Morgan fingerprint density at radius 1 is 1.10 bits per heavy atom. The summed E-state index contributed by atoms with van der Waals surface area (Å²) >= 11 is 0. The molecule has 0 fully saturated rings. The summed E-state index contributed by atoms with van der Waals surface area (Å²) < 4.78 is 10.4. The van der Waals surface area contributed by atoms with E-state index in [1.165, 1.54) is 11.0 Å². The van der Waals surface area contributed by atoms with Gasteiger partial charge in [0.05, 0.1) is 6.61 Å². The van der Waals surface area contributed by atoms with Crippen molar-refractivity contribution in [2.45, 2.75) is 20.4 Å². The highest BCUT2D eigenvalue weighted by Crippen LogP contribution is 2.15. The van der Waals surface area contributed by atoms with E-state index in [4.69, 9.17) is 9.47 Å². The minimum atomic E-state index is -0.835. The first-order valence-corrected chi connectivity index (χ1v) is 9.24. The van der Waals surface area contributed by atoms with Crippen LogP contribution in [0, 0.1) is 18.3 Å². The Kier molecular flexibility index (Phi) is 7.99. The van der Waals surface area contributed by atoms with Crippen LogP contribution in [0.15, 0.2) is 54.1 Å². The summed E-state index contributed by atoms with van der Waals surface area (Å²) in [4.78, 5) is 25.9. The quantitative estimate of drug-likeness (QED) is 0.390. The minimum Gasteiger partial charge on any atom is -0.494 e. The van der Waals surface area contributed by atoms with E-state index in [2.05, 4.69) is 0 Å². The molecule has 6 nitrogen and oxygen atoms in total. The largest absolute Gasteiger partial charge is 0.494 e. The Hall–Kier alpha value is -3.59. The summed E-state index contributed by atoms with van der Waals surface area (Å²) in [7, 11) is 1.64. The standard InChI is InChI=1S/C23H24N2O4/c1-4-28-21-11-9-18(10-12-21)13-20(14-24)23(27)29-16-22(26)25(3)15-19-7-5-17(2)6-8-19/h5-13H,4,15-16H2,1-3H3/b20-13+. The van der Waals surface area contributed by atoms with Crippen molar-refractivity contribution < 1.29 is 19.1 Å². The van der Waals surface area contributed by atoms with E-state index < -0.39 is 12.6 Å². The lowest BCUT2D eigenvalue weighted by atomic mass is 10.1. The van der Waals surface area contributed by atoms with Crippen molar-refractivity contribution in [2.75, 3.05) is 20.3 Å². The van der Waals surface area contributed by atoms with Crippen molar-refractivity contribution >= 4 is 18.0 Å². The maximum absolute atomic E-state index is 12.2. The van der Waals surface area contributed by atoms with Gasteiger partial charge in [0.2, 0.25) is 0 Å². The number of hydrogen-bond acceptors (Lipinski definition) is 5. The highest BCUT2D eigenvalue weighted by molar-refractivity contribution is 5.98. The van der Waals surface area contributed by atoms with Gasteiger partial charge in [-0.2, -0.15) is 5.26 Å². The van der Waals surface area contributed by atoms with Crippen molar-refractivity contribution in [2.24, 2.45) is 0 Å². The van der Waals surface area contributed by atoms with Gasteiger partial charge < -0.3 is 14.4 Å². The van der Waals surface area contributed by atoms with Crippen LogP contribution in [0.25, 0.3) is 6.08 Å². The first kappa shape index (κ1) is 21.7. The van der Waals surface area contributed by atoms with Gasteiger partial charge in [-0.25, -0.2) is 4.79 Å². The van der Waals surface area contributed by atoms with Crippen LogP contribution in [0.1, 0.15) is 23.6 Å². The molecule has 0 bridgehead atoms. The SMILES string of the molecule is CCOc1ccc(/C=C(\C#N)C(=O)OCC(=O)N(C)Cc2ccc(C)cc2)cc1. The molecule has 0 N–H and O–H groups in total. The second-order valence-electron chi connectivity index (χ2n) is 6.48. The molecule has 6 heteroatoms. The predicted molar refractivity (Wildman–Crippen MR) is 110 cm³/mol. The molecule has 0 aliphatic carbocycles. The number of nitriles is 1. The van der Waals surface area contributed by atoms with Crippen LogP contribution in [-0.2, 0) is 20.9 Å². The second kappa shape index (κ2) is 10.7. The number of benzene rings is 2. The lowest BCUT2D eigenvalue weighted by Crippen LogP contribution is -2.31. The number of aryl methyl sites for hydroxylation is 1. The number of amides is 1. The highest BCUT2D eigenvalue weighted by atomic mass is 16.5. The molecule has 0 saturated heterocycles. The minimum absolute atomic E-state index is 0.178. The van der Waals surface area contributed by atoms with Gasteiger partial charge in [-0.15, -0.1) is 0 Å². The summed E-state index contributed by atoms with van der Waals surface area (Å²) in [6.45, 7) is 4.41. The molecule has 2 aromatic carbocycles. The third-order valence-electron chi connectivity index (χ3n) is 4.14. The highest BCUT2D eigenvalue weighted by Gasteiger charge is 2.16. The van der Waals surface area contributed by atoms with Gasteiger partial charge in [0, 0.05) is 13.6 Å². The molecule has 29 heavy (non-hydrogen) atoms. The van der Waals surface area contributed by atoms with E-state index in [9.17, 15) is 14.9 Å². The zero-order chi connectivity index (χ0) is 21.2. The van der Waals surface area contributed by atoms with Gasteiger partial charge in [0.15, 0.2) is 6.61 Å². The second-order valence-corrected chi connectivity index (χ2v) is 6.48. The molecular formula is C23H24N2O4. The number of nitrogens with zero attached hydrogens (tertiary/aromatic N) is 2. The van der Waals surface area contributed by atoms with Gasteiger partial charge in [-0.05, 0) is 43.2 Å². The van der Waals surface area contributed by atoms with Crippen molar-refractivity contribution in [3.05, 3.63) is 70.8 Å². The number of rotatable bonds is 8. The van der Waals surface area contributed by atoms with Crippen molar-refractivity contribution in [3.8, 4) is 11.8 Å². The van der Waals surface area contributed by atoms with E-state index in [0.717, 1.165) is 11.1 Å². The van der Waals surface area contributed by atoms with Crippen LogP contribution in [-0.4, -0.2) is 37.0 Å². The maximum Gasteiger partial charge on any atom is 0.349 e. The molecule has 0 unspecified atom stereocenters. The van der Waals surface area contributed by atoms with E-state index in [-0.39, 0.29) is 11.5 Å². The first-order chi connectivity index (χ1) is 13.9. The van der Waals surface area contributed by atoms with Crippen LogP contribution < -0.4 is 4.74 Å². The van der Waals surface area contributed by atoms with Gasteiger partial charge in [-0.3, -0.25) is 4.79 Å². The fraction of sp³-hybridized carbons (Fsp3) is 0.261. The van der Waals surface area contributed by atoms with Gasteiger partial charge in [0.25, 0.3) is 5.91 Å². The molecule has 0 atom stereocenters. The number of esters is 1. The smallest absolute Gasteiger partial charge is 0.349 e. The topological polar surface area (TPSA) is 79.6 Å². The van der Waals surface area contributed by atoms with Crippen LogP contribution in [0.2, 0.25) is 0 Å². The summed E-state index contributed by atoms with van der Waals surface area (Å²) in [6.07, 6.45) is 1.42. The van der Waals surface area contributed by atoms with E-state index in [1.807, 2.05) is 44.2 Å². The molecule has 0 aliphatic heterocycles. The Morgan fingerprint density at radius 2 is 1.76 bits per heavy atom. The van der Waals surface area contributed by atoms with E-state index in [0.29, 0.717) is 24.5 Å². The van der Waals surface area contributed by atoms with Crippen LogP contribution in [0.4, 0.5) is 0 Å². The van der Waals surface area contributed by atoms with Crippen LogP contribution in [0.5, 0.6) is 5.75 Å². The average Bonchev–Trinajstić information content (AvgIpc) is 2.73. The lowest BCUT2D eigenvalue weighted by molar-refractivity contribution is -0.148. The summed E-state index contributed by atoms with van der Waals surface area (Å²) in [5.41, 5.74) is 2.60. The number of ether oxygens (including phenoxy) is 2. The van der Waals surface area contributed by atoms with Crippen molar-refractivity contribution in [3.63, 3.8) is 0 Å². The lowest BCUT2D eigenvalue weighted by Gasteiger charge is -2.17. The molecule has 1 amide bonds. The van der Waals surface area contributed by atoms with Crippen molar-refractivity contribution in [1.29, 1.82) is 5.26 Å². The third kappa shape index (κ3) is 6.82. The van der Waals surface area contributed by atoms with Crippen LogP contribution >= 0.6 is 0 Å². The monoisotopic (exact) mass is 392 g/mol. The van der Waals surface area contributed by atoms with Crippen molar-refractivity contribution in [1.82, 2.24) is 4.90 Å². The molecule has 2 rings (SSSR count). The molecule has 0 saturated carbocycles. The predicted octanol–water partition coefficient (Wildman–Crippen LogP) is 3.50. The van der Waals surface area contributed by atoms with Gasteiger partial charge in [-0.1, -0.05) is 42.0 Å². The summed E-state index contributed by atoms with van der Waals surface area (Å²) in [6, 6.07) is 16.6. The van der Waals surface area contributed by atoms with E-state index >= 15 is 0 Å². The zero-order valence-electron chi connectivity index (χ0n) is 16.8. The molecule has 0 radical (unpaired) electrons. The number of likely N-dealkylation sites (N-methyl/N-ethyl adjacent to an activating group) is 1. The molecule has 150 valence electrons. The fourth-order valence-electron chi connectivity index (χ4n) is 2.50. The average molecular weight is 392 g/mol. The Labute approximate surface area is 171 Å². The number of hydrogen-bond donors (Lipinski definition) is 0. The Bertz CT molecular complexity index is 909. The number of carbonyl (C=O) groups is 2. The Morgan fingerprint density at radius 3 is 2.34 bits per heavy atom. The third-order valence-corrected chi connectivity index (χ3v) is 4.14. The fourth-order valence-corrected chi connectivity index (χ4v) is 2.50. The molecule has 0 aromatic heterocycles. The van der Waals surface area contributed by atoms with Gasteiger partial charge in [0.1, 0.15) is 17.4 Å². The number of carbonyl (C=O) groups excluding carboxylic acids is 2. The molecule has 0 spiro atoms. The molecular weight excluding hydrogens is 368 g/mol. The Balaban J connectivity index is 1.92. The normalized spacial score (nSPS) is 10.8. The summed E-state index contributed by atoms with van der Waals surface area (Å²) in [5.74, 6) is -0.483. The van der Waals surface area contributed by atoms with Gasteiger partial charge >= 0.3 is 5.97 Å². The molecule has 2 aromatic rings.